The number of rotatable bonds is 10. The lowest BCUT2D eigenvalue weighted by molar-refractivity contribution is -0.118. The number of thioether (sulfide) groups is 1. The minimum absolute atomic E-state index is 0.0717. The molecule has 0 bridgehead atoms. The van der Waals surface area contributed by atoms with Crippen LogP contribution in [0.3, 0.4) is 0 Å². The van der Waals surface area contributed by atoms with Gasteiger partial charge in [0.25, 0.3) is 0 Å². The van der Waals surface area contributed by atoms with E-state index in [-0.39, 0.29) is 5.91 Å². The first-order chi connectivity index (χ1) is 9.33. The van der Waals surface area contributed by atoms with E-state index in [0.29, 0.717) is 18.9 Å². The van der Waals surface area contributed by atoms with Gasteiger partial charge in [-0.05, 0) is 11.6 Å². The quantitative estimate of drug-likeness (QED) is 0.618. The van der Waals surface area contributed by atoms with Gasteiger partial charge in [-0.25, -0.2) is 0 Å². The monoisotopic (exact) mass is 283 g/mol. The largest absolute Gasteiger partial charge is 0.383 e. The summed E-state index contributed by atoms with van der Waals surface area (Å²) in [4.78, 5) is 15.6. The van der Waals surface area contributed by atoms with Gasteiger partial charge in [-0.1, -0.05) is 6.07 Å². The molecule has 0 aliphatic carbocycles. The van der Waals surface area contributed by atoms with Crippen molar-refractivity contribution in [1.82, 2.24) is 15.6 Å². The SMILES string of the molecule is COCCNCCNC(=O)CSCc1cccnc1. The Bertz CT molecular complexity index is 349. The number of carbonyl (C=O) groups excluding carboxylic acids is 1. The molecule has 0 radical (unpaired) electrons. The third kappa shape index (κ3) is 8.58. The number of hydrogen-bond donors (Lipinski definition) is 2. The summed E-state index contributed by atoms with van der Waals surface area (Å²) in [6, 6.07) is 3.92. The Balaban J connectivity index is 1.96. The fourth-order valence-corrected chi connectivity index (χ4v) is 2.18. The maximum atomic E-state index is 11.5. The van der Waals surface area contributed by atoms with Crippen LogP contribution in [0.5, 0.6) is 0 Å². The first kappa shape index (κ1) is 15.9. The summed E-state index contributed by atoms with van der Waals surface area (Å²) in [6.07, 6.45) is 3.57. The number of nitrogens with zero attached hydrogens (tertiary/aromatic N) is 1. The van der Waals surface area contributed by atoms with Crippen molar-refractivity contribution in [2.75, 3.05) is 39.1 Å². The molecular weight excluding hydrogens is 262 g/mol. The number of carbonyl (C=O) groups is 1. The van der Waals surface area contributed by atoms with Crippen LogP contribution in [0.4, 0.5) is 0 Å². The van der Waals surface area contributed by atoms with Crippen molar-refractivity contribution in [2.24, 2.45) is 0 Å². The van der Waals surface area contributed by atoms with Crippen molar-refractivity contribution >= 4 is 17.7 Å². The van der Waals surface area contributed by atoms with Gasteiger partial charge in [0.05, 0.1) is 12.4 Å². The molecule has 1 aromatic heterocycles. The molecule has 0 aromatic carbocycles. The summed E-state index contributed by atoms with van der Waals surface area (Å²) in [5.74, 6) is 1.36. The minimum Gasteiger partial charge on any atom is -0.383 e. The predicted molar refractivity (Wildman–Crippen MR) is 78.2 cm³/mol. The molecule has 2 N–H and O–H groups in total. The second-order valence-corrected chi connectivity index (χ2v) is 4.93. The third-order valence-corrected chi connectivity index (χ3v) is 3.34. The van der Waals surface area contributed by atoms with Crippen LogP contribution in [0.2, 0.25) is 0 Å². The third-order valence-electron chi connectivity index (χ3n) is 2.33. The molecule has 0 aliphatic rings. The summed E-state index contributed by atoms with van der Waals surface area (Å²) in [5.41, 5.74) is 1.14. The van der Waals surface area contributed by atoms with E-state index in [1.165, 1.54) is 0 Å². The summed E-state index contributed by atoms with van der Waals surface area (Å²) < 4.78 is 4.91. The summed E-state index contributed by atoms with van der Waals surface area (Å²) in [6.45, 7) is 2.91. The summed E-state index contributed by atoms with van der Waals surface area (Å²) in [5, 5.41) is 6.04. The lowest BCUT2D eigenvalue weighted by Crippen LogP contribution is -2.33. The molecule has 6 heteroatoms. The van der Waals surface area contributed by atoms with E-state index in [1.807, 2.05) is 18.3 Å². The number of methoxy groups -OCH3 is 1. The standard InChI is InChI=1S/C13H21N3O2S/c1-18-8-7-14-5-6-16-13(17)11-19-10-12-3-2-4-15-9-12/h2-4,9,14H,5-8,10-11H2,1H3,(H,16,17). The topological polar surface area (TPSA) is 63.2 Å². The van der Waals surface area contributed by atoms with Crippen molar-refractivity contribution in [3.63, 3.8) is 0 Å². The molecule has 0 unspecified atom stereocenters. The smallest absolute Gasteiger partial charge is 0.230 e. The molecular formula is C13H21N3O2S. The highest BCUT2D eigenvalue weighted by Crippen LogP contribution is 2.09. The van der Waals surface area contributed by atoms with Crippen LogP contribution in [-0.2, 0) is 15.3 Å². The van der Waals surface area contributed by atoms with Crippen LogP contribution in [-0.4, -0.2) is 50.0 Å². The molecule has 0 fully saturated rings. The molecule has 19 heavy (non-hydrogen) atoms. The van der Waals surface area contributed by atoms with Crippen LogP contribution in [0.25, 0.3) is 0 Å². The normalized spacial score (nSPS) is 10.4. The lowest BCUT2D eigenvalue weighted by Gasteiger charge is -2.06. The van der Waals surface area contributed by atoms with Crippen molar-refractivity contribution in [1.29, 1.82) is 0 Å². The van der Waals surface area contributed by atoms with Crippen molar-refractivity contribution < 1.29 is 9.53 Å². The molecule has 0 saturated heterocycles. The second-order valence-electron chi connectivity index (χ2n) is 3.95. The van der Waals surface area contributed by atoms with Gasteiger partial charge in [0.1, 0.15) is 0 Å². The molecule has 0 saturated carbocycles. The molecule has 0 atom stereocenters. The highest BCUT2D eigenvalue weighted by molar-refractivity contribution is 7.99. The van der Waals surface area contributed by atoms with Gasteiger partial charge >= 0.3 is 0 Å². The van der Waals surface area contributed by atoms with Gasteiger partial charge in [0.2, 0.25) is 5.91 Å². The maximum absolute atomic E-state index is 11.5. The Labute approximate surface area is 118 Å². The Kier molecular flexibility index (Phi) is 9.05. The molecule has 1 aromatic rings. The van der Waals surface area contributed by atoms with Crippen LogP contribution in [0.15, 0.2) is 24.5 Å². The number of amides is 1. The summed E-state index contributed by atoms with van der Waals surface area (Å²) >= 11 is 1.59. The average Bonchev–Trinajstić information content (AvgIpc) is 2.44. The van der Waals surface area contributed by atoms with E-state index in [4.69, 9.17) is 4.74 Å². The predicted octanol–water partition coefficient (Wildman–Crippen LogP) is 0.667. The van der Waals surface area contributed by atoms with Gasteiger partial charge in [-0.3, -0.25) is 9.78 Å². The van der Waals surface area contributed by atoms with E-state index in [9.17, 15) is 4.79 Å². The van der Waals surface area contributed by atoms with Gasteiger partial charge in [-0.2, -0.15) is 0 Å². The maximum Gasteiger partial charge on any atom is 0.230 e. The van der Waals surface area contributed by atoms with Crippen LogP contribution >= 0.6 is 11.8 Å². The minimum atomic E-state index is 0.0717. The van der Waals surface area contributed by atoms with E-state index < -0.39 is 0 Å². The number of pyridine rings is 1. The van der Waals surface area contributed by atoms with E-state index in [1.54, 1.807) is 25.1 Å². The van der Waals surface area contributed by atoms with E-state index in [2.05, 4.69) is 15.6 Å². The fraction of sp³-hybridized carbons (Fsp3) is 0.538. The fourth-order valence-electron chi connectivity index (χ4n) is 1.39. The lowest BCUT2D eigenvalue weighted by atomic mass is 10.3. The molecule has 106 valence electrons. The number of nitrogens with one attached hydrogen (secondary N) is 2. The molecule has 0 spiro atoms. The van der Waals surface area contributed by atoms with E-state index in [0.717, 1.165) is 24.4 Å². The summed E-state index contributed by atoms with van der Waals surface area (Å²) in [7, 11) is 1.67. The van der Waals surface area contributed by atoms with Crippen LogP contribution in [0.1, 0.15) is 5.56 Å². The molecule has 1 rings (SSSR count). The zero-order valence-corrected chi connectivity index (χ0v) is 12.0. The van der Waals surface area contributed by atoms with Gasteiger partial charge < -0.3 is 15.4 Å². The van der Waals surface area contributed by atoms with Gasteiger partial charge in [-0.15, -0.1) is 11.8 Å². The first-order valence-electron chi connectivity index (χ1n) is 6.26. The Hall–Kier alpha value is -1.11. The molecule has 0 aliphatic heterocycles. The van der Waals surface area contributed by atoms with Crippen molar-refractivity contribution in [2.45, 2.75) is 5.75 Å². The van der Waals surface area contributed by atoms with Crippen molar-refractivity contribution in [3.05, 3.63) is 30.1 Å². The average molecular weight is 283 g/mol. The van der Waals surface area contributed by atoms with Gasteiger partial charge in [0, 0.05) is 44.9 Å². The zero-order valence-electron chi connectivity index (χ0n) is 11.2. The highest BCUT2D eigenvalue weighted by Gasteiger charge is 2.01. The zero-order chi connectivity index (χ0) is 13.8. The Morgan fingerprint density at radius 3 is 3.05 bits per heavy atom. The molecule has 1 amide bonds. The van der Waals surface area contributed by atoms with Crippen LogP contribution < -0.4 is 10.6 Å². The second kappa shape index (κ2) is 10.8. The molecule has 5 nitrogen and oxygen atoms in total. The van der Waals surface area contributed by atoms with Crippen molar-refractivity contribution in [3.8, 4) is 0 Å². The van der Waals surface area contributed by atoms with Gasteiger partial charge in [0.15, 0.2) is 0 Å². The van der Waals surface area contributed by atoms with Crippen LogP contribution in [0, 0.1) is 0 Å². The number of ether oxygens (including phenoxy) is 1. The Morgan fingerprint density at radius 1 is 1.42 bits per heavy atom. The molecule has 1 heterocycles. The Morgan fingerprint density at radius 2 is 2.32 bits per heavy atom. The number of aromatic nitrogens is 1. The van der Waals surface area contributed by atoms with E-state index >= 15 is 0 Å². The highest BCUT2D eigenvalue weighted by atomic mass is 32.2. The first-order valence-corrected chi connectivity index (χ1v) is 7.41. The number of hydrogen-bond acceptors (Lipinski definition) is 5.